The number of amides is 1. The van der Waals surface area contributed by atoms with Gasteiger partial charge in [-0.1, -0.05) is 0 Å². The highest BCUT2D eigenvalue weighted by Gasteiger charge is 2.18. The zero-order valence-electron chi connectivity index (χ0n) is 12.9. The Labute approximate surface area is 125 Å². The van der Waals surface area contributed by atoms with E-state index in [1.807, 2.05) is 0 Å². The first-order chi connectivity index (χ1) is 9.77. The molecule has 0 bridgehead atoms. The summed E-state index contributed by atoms with van der Waals surface area (Å²) < 4.78 is 28.0. The van der Waals surface area contributed by atoms with Gasteiger partial charge >= 0.3 is 0 Å². The molecule has 0 saturated heterocycles. The van der Waals surface area contributed by atoms with Gasteiger partial charge in [0.25, 0.3) is 10.0 Å². The number of carbonyl (C=O) groups excluding carboxylic acids is 1. The number of nitrogens with one attached hydrogen (secondary N) is 2. The van der Waals surface area contributed by atoms with E-state index in [1.165, 1.54) is 6.20 Å². The lowest BCUT2D eigenvalue weighted by atomic mass is 10.3. The van der Waals surface area contributed by atoms with Crippen molar-refractivity contribution in [2.24, 2.45) is 7.05 Å². The molecule has 0 unspecified atom stereocenters. The summed E-state index contributed by atoms with van der Waals surface area (Å²) in [6.07, 6.45) is 1.56. The molecular formula is C12H23N5O3S. The fourth-order valence-corrected chi connectivity index (χ4v) is 2.68. The molecule has 0 saturated carbocycles. The van der Waals surface area contributed by atoms with Crippen molar-refractivity contribution in [1.82, 2.24) is 24.5 Å². The molecule has 0 radical (unpaired) electrons. The summed E-state index contributed by atoms with van der Waals surface area (Å²) in [5, 5.41) is 2.92. The molecule has 9 heteroatoms. The second kappa shape index (κ2) is 7.53. The Hall–Kier alpha value is -1.45. The summed E-state index contributed by atoms with van der Waals surface area (Å²) in [6, 6.07) is 0. The smallest absolute Gasteiger partial charge is 0.259 e. The minimum atomic E-state index is -3.67. The van der Waals surface area contributed by atoms with Crippen molar-refractivity contribution >= 4 is 15.9 Å². The number of rotatable bonds is 8. The predicted octanol–water partition coefficient (Wildman–Crippen LogP) is -0.925. The van der Waals surface area contributed by atoms with Crippen molar-refractivity contribution in [2.75, 3.05) is 33.7 Å². The number of aromatic nitrogens is 2. The van der Waals surface area contributed by atoms with E-state index in [2.05, 4.69) is 15.0 Å². The molecular weight excluding hydrogens is 294 g/mol. The van der Waals surface area contributed by atoms with Gasteiger partial charge in [0, 0.05) is 46.3 Å². The van der Waals surface area contributed by atoms with Crippen LogP contribution in [0, 0.1) is 6.92 Å². The molecule has 0 fully saturated rings. The number of aryl methyl sites for hydroxylation is 2. The lowest BCUT2D eigenvalue weighted by molar-refractivity contribution is -0.129. The fourth-order valence-electron chi connectivity index (χ4n) is 1.62. The number of imidazole rings is 1. The van der Waals surface area contributed by atoms with E-state index in [4.69, 9.17) is 0 Å². The Balaban J connectivity index is 2.49. The third-order valence-corrected chi connectivity index (χ3v) is 4.45. The molecule has 120 valence electrons. The lowest BCUT2D eigenvalue weighted by Gasteiger charge is -2.16. The van der Waals surface area contributed by atoms with Crippen molar-refractivity contribution in [3.63, 3.8) is 0 Å². The number of nitrogens with zero attached hydrogens (tertiary/aromatic N) is 3. The van der Waals surface area contributed by atoms with Gasteiger partial charge in [0.05, 0.1) is 0 Å². The third kappa shape index (κ3) is 5.10. The second-order valence-electron chi connectivity index (χ2n) is 4.80. The van der Waals surface area contributed by atoms with Gasteiger partial charge in [-0.05, 0) is 14.0 Å². The molecule has 0 aromatic carbocycles. The van der Waals surface area contributed by atoms with Crippen molar-refractivity contribution in [3.05, 3.63) is 12.0 Å². The first-order valence-electron chi connectivity index (χ1n) is 6.66. The Kier molecular flexibility index (Phi) is 6.31. The molecule has 1 aromatic heterocycles. The zero-order valence-corrected chi connectivity index (χ0v) is 13.7. The zero-order chi connectivity index (χ0) is 16.0. The average molecular weight is 317 g/mol. The molecule has 21 heavy (non-hydrogen) atoms. The van der Waals surface area contributed by atoms with E-state index in [0.717, 1.165) is 0 Å². The number of carbonyl (C=O) groups is 1. The summed E-state index contributed by atoms with van der Waals surface area (Å²) in [6.45, 7) is 3.06. The maximum atomic E-state index is 12.0. The van der Waals surface area contributed by atoms with Crippen LogP contribution in [-0.2, 0) is 21.9 Å². The molecule has 2 N–H and O–H groups in total. The summed E-state index contributed by atoms with van der Waals surface area (Å²) in [5.41, 5.74) is 0. The van der Waals surface area contributed by atoms with Crippen LogP contribution in [0.4, 0.5) is 0 Å². The monoisotopic (exact) mass is 317 g/mol. The molecule has 1 amide bonds. The molecule has 0 aliphatic heterocycles. The highest BCUT2D eigenvalue weighted by atomic mass is 32.2. The average Bonchev–Trinajstić information content (AvgIpc) is 2.76. The van der Waals surface area contributed by atoms with Crippen LogP contribution in [0.5, 0.6) is 0 Å². The maximum absolute atomic E-state index is 12.0. The Morgan fingerprint density at radius 2 is 2.10 bits per heavy atom. The van der Waals surface area contributed by atoms with Gasteiger partial charge in [-0.3, -0.25) is 4.79 Å². The standard InChI is InChI=1S/C12H23N5O3S/c1-10-15-11(9-17(10)4)21(19,20)14-6-5-12(18)16(3)8-7-13-2/h9,13-14H,5-8H2,1-4H3. The highest BCUT2D eigenvalue weighted by molar-refractivity contribution is 7.89. The summed E-state index contributed by atoms with van der Waals surface area (Å²) in [5.74, 6) is 0.503. The molecule has 1 aromatic rings. The normalized spacial score (nSPS) is 11.6. The molecule has 1 rings (SSSR count). The number of hydrogen-bond acceptors (Lipinski definition) is 5. The summed E-state index contributed by atoms with van der Waals surface area (Å²) >= 11 is 0. The van der Waals surface area contributed by atoms with Gasteiger partial charge in [-0.15, -0.1) is 0 Å². The van der Waals surface area contributed by atoms with Crippen LogP contribution >= 0.6 is 0 Å². The predicted molar refractivity (Wildman–Crippen MR) is 79.3 cm³/mol. The van der Waals surface area contributed by atoms with Gasteiger partial charge in [0.15, 0.2) is 5.03 Å². The molecule has 0 spiro atoms. The van der Waals surface area contributed by atoms with Crippen LogP contribution in [-0.4, -0.2) is 62.5 Å². The van der Waals surface area contributed by atoms with Crippen LogP contribution < -0.4 is 10.0 Å². The van der Waals surface area contributed by atoms with Gasteiger partial charge in [0.2, 0.25) is 5.91 Å². The van der Waals surface area contributed by atoms with Gasteiger partial charge in [0.1, 0.15) is 5.82 Å². The molecule has 0 atom stereocenters. The minimum absolute atomic E-state index is 0.0292. The quantitative estimate of drug-likeness (QED) is 0.646. The van der Waals surface area contributed by atoms with Crippen LogP contribution in [0.1, 0.15) is 12.2 Å². The van der Waals surface area contributed by atoms with Crippen molar-refractivity contribution in [2.45, 2.75) is 18.4 Å². The second-order valence-corrected chi connectivity index (χ2v) is 6.52. The maximum Gasteiger partial charge on any atom is 0.259 e. The lowest BCUT2D eigenvalue weighted by Crippen LogP contribution is -2.35. The van der Waals surface area contributed by atoms with E-state index in [-0.39, 0.29) is 23.9 Å². The van der Waals surface area contributed by atoms with Crippen molar-refractivity contribution < 1.29 is 13.2 Å². The Morgan fingerprint density at radius 3 is 2.62 bits per heavy atom. The SMILES string of the molecule is CNCCN(C)C(=O)CCNS(=O)(=O)c1cn(C)c(C)n1. The number of likely N-dealkylation sites (N-methyl/N-ethyl adjacent to an activating group) is 2. The Morgan fingerprint density at radius 1 is 1.43 bits per heavy atom. The first kappa shape index (κ1) is 17.6. The molecule has 1 heterocycles. The van der Waals surface area contributed by atoms with Crippen molar-refractivity contribution in [1.29, 1.82) is 0 Å². The van der Waals surface area contributed by atoms with Crippen LogP contribution in [0.2, 0.25) is 0 Å². The Bertz CT molecular complexity index is 562. The molecule has 8 nitrogen and oxygen atoms in total. The van der Waals surface area contributed by atoms with Crippen LogP contribution in [0.3, 0.4) is 0 Å². The van der Waals surface area contributed by atoms with E-state index in [1.54, 1.807) is 37.5 Å². The third-order valence-electron chi connectivity index (χ3n) is 3.12. The fraction of sp³-hybridized carbons (Fsp3) is 0.667. The highest BCUT2D eigenvalue weighted by Crippen LogP contribution is 2.07. The summed E-state index contributed by atoms with van der Waals surface area (Å²) in [7, 11) is 1.56. The van der Waals surface area contributed by atoms with Crippen LogP contribution in [0.15, 0.2) is 11.2 Å². The van der Waals surface area contributed by atoms with E-state index in [9.17, 15) is 13.2 Å². The number of hydrogen-bond donors (Lipinski definition) is 2. The molecule has 0 aliphatic carbocycles. The summed E-state index contributed by atoms with van der Waals surface area (Å²) in [4.78, 5) is 17.3. The van der Waals surface area contributed by atoms with Crippen LogP contribution in [0.25, 0.3) is 0 Å². The minimum Gasteiger partial charge on any atom is -0.344 e. The van der Waals surface area contributed by atoms with E-state index >= 15 is 0 Å². The van der Waals surface area contributed by atoms with Crippen molar-refractivity contribution in [3.8, 4) is 0 Å². The number of sulfonamides is 1. The largest absolute Gasteiger partial charge is 0.344 e. The van der Waals surface area contributed by atoms with E-state index < -0.39 is 10.0 Å². The topological polar surface area (TPSA) is 96.3 Å². The van der Waals surface area contributed by atoms with Gasteiger partial charge in [-0.2, -0.15) is 0 Å². The molecule has 0 aliphatic rings. The van der Waals surface area contributed by atoms with E-state index in [0.29, 0.717) is 18.9 Å². The van der Waals surface area contributed by atoms with Gasteiger partial charge in [-0.25, -0.2) is 18.1 Å². The first-order valence-corrected chi connectivity index (χ1v) is 8.14. The van der Waals surface area contributed by atoms with Gasteiger partial charge < -0.3 is 14.8 Å².